The van der Waals surface area contributed by atoms with Crippen molar-refractivity contribution < 1.29 is 9.53 Å². The highest BCUT2D eigenvalue weighted by Gasteiger charge is 2.14. The summed E-state index contributed by atoms with van der Waals surface area (Å²) >= 11 is 11.5. The first-order valence-electron chi connectivity index (χ1n) is 7.97. The molecule has 8 heteroatoms. The number of Topliss-reactive ketones (excluding diaryl/α,β-unsaturated/α-hetero) is 1. The van der Waals surface area contributed by atoms with E-state index in [0.29, 0.717) is 27.6 Å². The Morgan fingerprint density at radius 2 is 1.67 bits per heavy atom. The Kier molecular flexibility index (Phi) is 5.78. The summed E-state index contributed by atoms with van der Waals surface area (Å²) in [6.07, 6.45) is 0. The van der Waals surface area contributed by atoms with Gasteiger partial charge in [0.1, 0.15) is 18.2 Å². The van der Waals surface area contributed by atoms with Crippen molar-refractivity contribution in [1.29, 1.82) is 0 Å². The van der Waals surface area contributed by atoms with Gasteiger partial charge < -0.3 is 16.2 Å². The average Bonchev–Trinajstić information content (AvgIpc) is 2.67. The topological polar surface area (TPSA) is 104 Å². The minimum atomic E-state index is -0.149. The van der Waals surface area contributed by atoms with Gasteiger partial charge in [-0.15, -0.1) is 11.6 Å². The van der Waals surface area contributed by atoms with Gasteiger partial charge >= 0.3 is 0 Å². The number of hydrogen-bond donors (Lipinski definition) is 2. The number of nitrogens with zero attached hydrogens (tertiary/aromatic N) is 2. The molecule has 0 bridgehead atoms. The predicted molar refractivity (Wildman–Crippen MR) is 107 cm³/mol. The van der Waals surface area contributed by atoms with E-state index in [0.717, 1.165) is 5.56 Å². The highest BCUT2D eigenvalue weighted by molar-refractivity contribution is 6.30. The van der Waals surface area contributed by atoms with Crippen LogP contribution in [0.4, 0.5) is 11.8 Å². The quantitative estimate of drug-likeness (QED) is 0.477. The van der Waals surface area contributed by atoms with Gasteiger partial charge in [-0.05, 0) is 42.0 Å². The molecule has 0 unspecified atom stereocenters. The number of anilines is 2. The smallest absolute Gasteiger partial charge is 0.222 e. The lowest BCUT2D eigenvalue weighted by molar-refractivity contribution is 0.102. The number of ether oxygens (including phenoxy) is 1. The zero-order valence-electron chi connectivity index (χ0n) is 14.2. The molecule has 0 spiro atoms. The summed E-state index contributed by atoms with van der Waals surface area (Å²) < 4.78 is 5.78. The van der Waals surface area contributed by atoms with E-state index in [1.807, 2.05) is 12.1 Å². The molecule has 4 N–H and O–H groups in total. The number of carbonyl (C=O) groups excluding carboxylic acids is 1. The Balaban J connectivity index is 1.86. The molecule has 2 aromatic carbocycles. The van der Waals surface area contributed by atoms with E-state index < -0.39 is 0 Å². The summed E-state index contributed by atoms with van der Waals surface area (Å²) in [5.41, 5.74) is 14.3. The number of halogens is 2. The van der Waals surface area contributed by atoms with Gasteiger partial charge in [0.15, 0.2) is 5.78 Å². The normalized spacial score (nSPS) is 10.6. The molecule has 0 atom stereocenters. The first-order valence-corrected chi connectivity index (χ1v) is 8.89. The summed E-state index contributed by atoms with van der Waals surface area (Å²) in [6, 6.07) is 13.8. The molecule has 27 heavy (non-hydrogen) atoms. The van der Waals surface area contributed by atoms with Crippen molar-refractivity contribution >= 4 is 40.8 Å². The molecule has 0 radical (unpaired) electrons. The molecule has 3 rings (SSSR count). The largest absolute Gasteiger partial charge is 0.487 e. The highest BCUT2D eigenvalue weighted by atomic mass is 35.5. The molecule has 0 amide bonds. The fourth-order valence-corrected chi connectivity index (χ4v) is 2.83. The Bertz CT molecular complexity index is 961. The van der Waals surface area contributed by atoms with Gasteiger partial charge in [-0.2, -0.15) is 4.98 Å². The molecular weight excluding hydrogens is 387 g/mol. The molecule has 0 aliphatic heterocycles. The van der Waals surface area contributed by atoms with Crippen LogP contribution in [0, 0.1) is 0 Å². The highest BCUT2D eigenvalue weighted by Crippen LogP contribution is 2.30. The van der Waals surface area contributed by atoms with Crippen LogP contribution in [0.25, 0.3) is 11.1 Å². The van der Waals surface area contributed by atoms with E-state index in [-0.39, 0.29) is 30.0 Å². The summed E-state index contributed by atoms with van der Waals surface area (Å²) in [4.78, 5) is 19.9. The van der Waals surface area contributed by atoms with Gasteiger partial charge in [-0.1, -0.05) is 23.7 Å². The second kappa shape index (κ2) is 8.24. The molecule has 0 aliphatic carbocycles. The third-order valence-corrected chi connectivity index (χ3v) is 4.33. The summed E-state index contributed by atoms with van der Waals surface area (Å²) in [6.45, 7) is 0.123. The van der Waals surface area contributed by atoms with Crippen LogP contribution in [-0.2, 0) is 6.61 Å². The Morgan fingerprint density at radius 3 is 2.30 bits per heavy atom. The SMILES string of the molecule is Nc1nc(N)c(-c2ccc(Cl)cc2)c(COc2ccc(C(=O)CCl)cc2)n1. The molecule has 0 saturated heterocycles. The van der Waals surface area contributed by atoms with E-state index in [4.69, 9.17) is 39.4 Å². The fraction of sp³-hybridized carbons (Fsp3) is 0.105. The number of ketones is 1. The number of carbonyl (C=O) groups is 1. The lowest BCUT2D eigenvalue weighted by Crippen LogP contribution is -2.09. The third kappa shape index (κ3) is 4.48. The molecule has 138 valence electrons. The third-order valence-electron chi connectivity index (χ3n) is 3.84. The lowest BCUT2D eigenvalue weighted by atomic mass is 10.0. The maximum absolute atomic E-state index is 11.6. The monoisotopic (exact) mass is 402 g/mol. The van der Waals surface area contributed by atoms with Crippen molar-refractivity contribution in [3.05, 3.63) is 64.8 Å². The van der Waals surface area contributed by atoms with E-state index in [1.165, 1.54) is 0 Å². The van der Waals surface area contributed by atoms with Crippen molar-refractivity contribution in [3.8, 4) is 16.9 Å². The van der Waals surface area contributed by atoms with Gasteiger partial charge in [0.05, 0.1) is 11.6 Å². The van der Waals surface area contributed by atoms with E-state index in [9.17, 15) is 4.79 Å². The van der Waals surface area contributed by atoms with Crippen molar-refractivity contribution in [1.82, 2.24) is 9.97 Å². The minimum Gasteiger partial charge on any atom is -0.487 e. The van der Waals surface area contributed by atoms with Crippen LogP contribution < -0.4 is 16.2 Å². The van der Waals surface area contributed by atoms with Crippen LogP contribution in [0.2, 0.25) is 5.02 Å². The molecule has 6 nitrogen and oxygen atoms in total. The first-order chi connectivity index (χ1) is 13.0. The van der Waals surface area contributed by atoms with Crippen molar-refractivity contribution in [2.24, 2.45) is 0 Å². The number of aromatic nitrogens is 2. The zero-order chi connectivity index (χ0) is 19.4. The van der Waals surface area contributed by atoms with Crippen LogP contribution in [0.3, 0.4) is 0 Å². The number of benzene rings is 2. The Labute approximate surface area is 166 Å². The summed E-state index contributed by atoms with van der Waals surface area (Å²) in [7, 11) is 0. The first kappa shape index (κ1) is 18.9. The number of hydrogen-bond acceptors (Lipinski definition) is 6. The Hall–Kier alpha value is -2.83. The van der Waals surface area contributed by atoms with Gasteiger partial charge in [0, 0.05) is 16.1 Å². The van der Waals surface area contributed by atoms with E-state index in [1.54, 1.807) is 36.4 Å². The number of nitrogen functional groups attached to an aromatic ring is 2. The lowest BCUT2D eigenvalue weighted by Gasteiger charge is -2.13. The van der Waals surface area contributed by atoms with Gasteiger partial charge in [0.2, 0.25) is 5.95 Å². The molecule has 0 aliphatic rings. The summed E-state index contributed by atoms with van der Waals surface area (Å²) in [5.74, 6) is 0.673. The summed E-state index contributed by atoms with van der Waals surface area (Å²) in [5, 5.41) is 0.609. The van der Waals surface area contributed by atoms with E-state index >= 15 is 0 Å². The minimum absolute atomic E-state index is 0.0619. The van der Waals surface area contributed by atoms with E-state index in [2.05, 4.69) is 9.97 Å². The molecular formula is C19H16Cl2N4O2. The van der Waals surface area contributed by atoms with Gasteiger partial charge in [-0.3, -0.25) is 4.79 Å². The fourth-order valence-electron chi connectivity index (χ4n) is 2.55. The Morgan fingerprint density at radius 1 is 1.00 bits per heavy atom. The van der Waals surface area contributed by atoms with Crippen LogP contribution >= 0.6 is 23.2 Å². The van der Waals surface area contributed by atoms with Crippen molar-refractivity contribution in [2.45, 2.75) is 6.61 Å². The molecule has 1 aromatic heterocycles. The molecule has 0 fully saturated rings. The second-order valence-electron chi connectivity index (χ2n) is 5.67. The number of alkyl halides is 1. The molecule has 0 saturated carbocycles. The van der Waals surface area contributed by atoms with Crippen LogP contribution in [-0.4, -0.2) is 21.6 Å². The average molecular weight is 403 g/mol. The molecule has 3 aromatic rings. The molecule has 1 heterocycles. The van der Waals surface area contributed by atoms with Crippen LogP contribution in [0.15, 0.2) is 48.5 Å². The van der Waals surface area contributed by atoms with Crippen LogP contribution in [0.1, 0.15) is 16.1 Å². The standard InChI is InChI=1S/C19H16Cl2N4O2/c20-9-16(26)11-3-7-14(8-4-11)27-10-15-17(18(22)25-19(23)24-15)12-1-5-13(21)6-2-12/h1-8H,9-10H2,(H4,22,23,24,25). The second-order valence-corrected chi connectivity index (χ2v) is 6.37. The van der Waals surface area contributed by atoms with Gasteiger partial charge in [-0.25, -0.2) is 4.98 Å². The maximum Gasteiger partial charge on any atom is 0.222 e. The zero-order valence-corrected chi connectivity index (χ0v) is 15.7. The number of nitrogens with two attached hydrogens (primary N) is 2. The number of rotatable bonds is 6. The van der Waals surface area contributed by atoms with Gasteiger partial charge in [0.25, 0.3) is 0 Å². The predicted octanol–water partition coefficient (Wildman–Crippen LogP) is 3.96. The van der Waals surface area contributed by atoms with Crippen LogP contribution in [0.5, 0.6) is 5.75 Å². The maximum atomic E-state index is 11.6. The van der Waals surface area contributed by atoms with Crippen molar-refractivity contribution in [2.75, 3.05) is 17.3 Å². The van der Waals surface area contributed by atoms with Crippen molar-refractivity contribution in [3.63, 3.8) is 0 Å².